The second-order valence-electron chi connectivity index (χ2n) is 4.47. The van der Waals surface area contributed by atoms with Crippen LogP contribution in [0.25, 0.3) is 0 Å². The molecule has 0 unspecified atom stereocenters. The highest BCUT2D eigenvalue weighted by atomic mass is 16.6. The van der Waals surface area contributed by atoms with Crippen molar-refractivity contribution < 1.29 is 4.92 Å². The van der Waals surface area contributed by atoms with E-state index in [2.05, 4.69) is 4.99 Å². The maximum atomic E-state index is 10.6. The summed E-state index contributed by atoms with van der Waals surface area (Å²) < 4.78 is 0. The molecule has 0 heterocycles. The Bertz CT molecular complexity index is 619. The molecule has 5 nitrogen and oxygen atoms in total. The Morgan fingerprint density at radius 3 is 2.15 bits per heavy atom. The molecule has 2 aromatic carbocycles. The maximum absolute atomic E-state index is 10.6. The molecule has 2 aromatic rings. The molecule has 0 aromatic heterocycles. The van der Waals surface area contributed by atoms with Crippen molar-refractivity contribution in [3.05, 3.63) is 70.3 Å². The van der Waals surface area contributed by atoms with Crippen LogP contribution in [0.5, 0.6) is 0 Å². The average molecular weight is 269 g/mol. The van der Waals surface area contributed by atoms with Gasteiger partial charge in [-0.3, -0.25) is 10.1 Å². The quantitative estimate of drug-likeness (QED) is 0.372. The molecule has 0 N–H and O–H groups in total. The van der Waals surface area contributed by atoms with E-state index in [1.807, 2.05) is 49.3 Å². The van der Waals surface area contributed by atoms with Crippen molar-refractivity contribution in [3.63, 3.8) is 0 Å². The standard InChI is InChI=1S/C15H15N3O2/c1-17(2)15(12-6-4-3-5-7-12)16-13-8-10-14(11-9-13)18(19)20/h3-11H,1-2H3. The molecular weight excluding hydrogens is 254 g/mol. The Hall–Kier alpha value is -2.69. The van der Waals surface area contributed by atoms with Gasteiger partial charge in [0.1, 0.15) is 5.84 Å². The first-order chi connectivity index (χ1) is 9.58. The molecule has 0 aliphatic rings. The monoisotopic (exact) mass is 269 g/mol. The van der Waals surface area contributed by atoms with Crippen LogP contribution in [0.3, 0.4) is 0 Å². The topological polar surface area (TPSA) is 58.7 Å². The van der Waals surface area contributed by atoms with Crippen LogP contribution in [0.1, 0.15) is 5.56 Å². The van der Waals surface area contributed by atoms with Gasteiger partial charge in [0.15, 0.2) is 0 Å². The van der Waals surface area contributed by atoms with Crippen LogP contribution in [-0.2, 0) is 0 Å². The first kappa shape index (κ1) is 13.7. The van der Waals surface area contributed by atoms with Gasteiger partial charge in [-0.1, -0.05) is 30.3 Å². The SMILES string of the molecule is CN(C)C(=Nc1ccc([N+](=O)[O-])cc1)c1ccccc1. The van der Waals surface area contributed by atoms with E-state index in [1.54, 1.807) is 12.1 Å². The van der Waals surface area contributed by atoms with Gasteiger partial charge in [0, 0.05) is 31.8 Å². The summed E-state index contributed by atoms with van der Waals surface area (Å²) in [7, 11) is 3.83. The zero-order valence-corrected chi connectivity index (χ0v) is 11.4. The normalized spacial score (nSPS) is 11.2. The predicted molar refractivity (Wildman–Crippen MR) is 79.4 cm³/mol. The number of aliphatic imine (C=N–C) groups is 1. The summed E-state index contributed by atoms with van der Waals surface area (Å²) in [4.78, 5) is 16.7. The lowest BCUT2D eigenvalue weighted by atomic mass is 10.2. The van der Waals surface area contributed by atoms with E-state index in [0.717, 1.165) is 11.4 Å². The van der Waals surface area contributed by atoms with Gasteiger partial charge in [-0.25, -0.2) is 4.99 Å². The Morgan fingerprint density at radius 2 is 1.65 bits per heavy atom. The zero-order valence-electron chi connectivity index (χ0n) is 11.4. The van der Waals surface area contributed by atoms with Gasteiger partial charge in [-0.2, -0.15) is 0 Å². The van der Waals surface area contributed by atoms with Crippen molar-refractivity contribution in [2.45, 2.75) is 0 Å². The number of rotatable bonds is 3. The summed E-state index contributed by atoms with van der Waals surface area (Å²) >= 11 is 0. The maximum Gasteiger partial charge on any atom is 0.269 e. The number of non-ortho nitro benzene ring substituents is 1. The summed E-state index contributed by atoms with van der Waals surface area (Å²) in [6.07, 6.45) is 0. The number of benzene rings is 2. The van der Waals surface area contributed by atoms with E-state index in [-0.39, 0.29) is 5.69 Å². The predicted octanol–water partition coefficient (Wildman–Crippen LogP) is 3.23. The first-order valence-corrected chi connectivity index (χ1v) is 6.14. The minimum atomic E-state index is -0.419. The molecule has 0 spiro atoms. The number of nitro groups is 1. The van der Waals surface area contributed by atoms with Crippen LogP contribution < -0.4 is 0 Å². The number of nitrogens with zero attached hydrogens (tertiary/aromatic N) is 3. The molecule has 102 valence electrons. The summed E-state index contributed by atoms with van der Waals surface area (Å²) in [5, 5.41) is 10.6. The second kappa shape index (κ2) is 5.97. The molecule has 2 rings (SSSR count). The van der Waals surface area contributed by atoms with E-state index in [0.29, 0.717) is 5.69 Å². The van der Waals surface area contributed by atoms with Gasteiger partial charge < -0.3 is 4.90 Å². The summed E-state index contributed by atoms with van der Waals surface area (Å²) in [6.45, 7) is 0. The Labute approximate surface area is 117 Å². The Morgan fingerprint density at radius 1 is 1.05 bits per heavy atom. The molecule has 0 aliphatic heterocycles. The molecule has 0 atom stereocenters. The second-order valence-corrected chi connectivity index (χ2v) is 4.47. The largest absolute Gasteiger partial charge is 0.362 e. The molecule has 0 fully saturated rings. The number of hydrogen-bond donors (Lipinski definition) is 0. The fourth-order valence-corrected chi connectivity index (χ4v) is 1.78. The first-order valence-electron chi connectivity index (χ1n) is 6.14. The van der Waals surface area contributed by atoms with Crippen molar-refractivity contribution in [2.24, 2.45) is 4.99 Å². The van der Waals surface area contributed by atoms with Crippen LogP contribution >= 0.6 is 0 Å². The van der Waals surface area contributed by atoms with Crippen LogP contribution in [0.4, 0.5) is 11.4 Å². The third-order valence-electron chi connectivity index (χ3n) is 2.75. The van der Waals surface area contributed by atoms with Gasteiger partial charge in [-0.05, 0) is 12.1 Å². The lowest BCUT2D eigenvalue weighted by molar-refractivity contribution is -0.384. The third kappa shape index (κ3) is 3.20. The van der Waals surface area contributed by atoms with Crippen molar-refractivity contribution >= 4 is 17.2 Å². The van der Waals surface area contributed by atoms with Crippen molar-refractivity contribution in [1.29, 1.82) is 0 Å². The fourth-order valence-electron chi connectivity index (χ4n) is 1.78. The van der Waals surface area contributed by atoms with E-state index in [1.165, 1.54) is 12.1 Å². The zero-order chi connectivity index (χ0) is 14.5. The van der Waals surface area contributed by atoms with E-state index in [9.17, 15) is 10.1 Å². The molecule has 5 heteroatoms. The highest BCUT2D eigenvalue weighted by molar-refractivity contribution is 5.99. The molecular formula is C15H15N3O2. The molecule has 0 radical (unpaired) electrons. The molecule has 0 aliphatic carbocycles. The van der Waals surface area contributed by atoms with Crippen molar-refractivity contribution in [3.8, 4) is 0 Å². The van der Waals surface area contributed by atoms with Crippen LogP contribution in [0.2, 0.25) is 0 Å². The highest BCUT2D eigenvalue weighted by Crippen LogP contribution is 2.19. The molecule has 0 saturated heterocycles. The molecule has 20 heavy (non-hydrogen) atoms. The number of hydrogen-bond acceptors (Lipinski definition) is 3. The molecule has 0 saturated carbocycles. The Balaban J connectivity index is 2.37. The van der Waals surface area contributed by atoms with Crippen LogP contribution in [0.15, 0.2) is 59.6 Å². The van der Waals surface area contributed by atoms with Crippen molar-refractivity contribution in [1.82, 2.24) is 4.90 Å². The minimum Gasteiger partial charge on any atom is -0.362 e. The highest BCUT2D eigenvalue weighted by Gasteiger charge is 2.07. The lowest BCUT2D eigenvalue weighted by Crippen LogP contribution is -2.22. The van der Waals surface area contributed by atoms with E-state index in [4.69, 9.17) is 0 Å². The molecule has 0 bridgehead atoms. The minimum absolute atomic E-state index is 0.0649. The van der Waals surface area contributed by atoms with Gasteiger partial charge in [-0.15, -0.1) is 0 Å². The smallest absolute Gasteiger partial charge is 0.269 e. The van der Waals surface area contributed by atoms with Gasteiger partial charge in [0.05, 0.1) is 10.6 Å². The molecule has 0 amide bonds. The van der Waals surface area contributed by atoms with Crippen molar-refractivity contribution in [2.75, 3.05) is 14.1 Å². The van der Waals surface area contributed by atoms with Gasteiger partial charge >= 0.3 is 0 Å². The van der Waals surface area contributed by atoms with Gasteiger partial charge in [0.25, 0.3) is 5.69 Å². The van der Waals surface area contributed by atoms with Crippen LogP contribution in [0, 0.1) is 10.1 Å². The average Bonchev–Trinajstić information content (AvgIpc) is 2.46. The summed E-state index contributed by atoms with van der Waals surface area (Å²) in [6, 6.07) is 16.0. The number of amidine groups is 1. The fraction of sp³-hybridized carbons (Fsp3) is 0.133. The van der Waals surface area contributed by atoms with Gasteiger partial charge in [0.2, 0.25) is 0 Å². The summed E-state index contributed by atoms with van der Waals surface area (Å²) in [5.74, 6) is 0.805. The summed E-state index contributed by atoms with van der Waals surface area (Å²) in [5.41, 5.74) is 1.74. The van der Waals surface area contributed by atoms with E-state index >= 15 is 0 Å². The third-order valence-corrected chi connectivity index (χ3v) is 2.75. The van der Waals surface area contributed by atoms with Crippen LogP contribution in [-0.4, -0.2) is 29.8 Å². The number of nitro benzene ring substituents is 1. The lowest BCUT2D eigenvalue weighted by Gasteiger charge is -2.16. The van der Waals surface area contributed by atoms with E-state index < -0.39 is 4.92 Å². The Kier molecular flexibility index (Phi) is 4.10.